The van der Waals surface area contributed by atoms with Gasteiger partial charge >= 0.3 is 230 Å². The van der Waals surface area contributed by atoms with Crippen LogP contribution < -0.4 is 4.46 Å². The fraction of sp³-hybridized carbons (Fsp3) is 0.353. The molecule has 0 heterocycles. The Hall–Kier alpha value is -2.74. The van der Waals surface area contributed by atoms with Gasteiger partial charge in [0.15, 0.2) is 0 Å². The van der Waals surface area contributed by atoms with Crippen LogP contribution in [0.3, 0.4) is 0 Å². The molecule has 3 aromatic carbocycles. The number of hydrogen-bond acceptors (Lipinski definition) is 2. The quantitative estimate of drug-likeness (QED) is 0.150. The third-order valence-corrected chi connectivity index (χ3v) is 9.87. The number of benzene rings is 3. The molecule has 3 aromatic rings. The average molecular weight is 560 g/mol. The van der Waals surface area contributed by atoms with E-state index in [0.29, 0.717) is 38.1 Å². The molecular formula is C34H40O2Se. The number of phenols is 2. The molecule has 194 valence electrons. The normalized spacial score (nSPS) is 17.6. The Bertz CT molecular complexity index is 1240. The summed E-state index contributed by atoms with van der Waals surface area (Å²) in [5, 5.41) is 23.7. The fourth-order valence-electron chi connectivity index (χ4n) is 5.55. The van der Waals surface area contributed by atoms with E-state index in [9.17, 15) is 10.2 Å². The molecule has 2 atom stereocenters. The Labute approximate surface area is 229 Å². The van der Waals surface area contributed by atoms with Crippen molar-refractivity contribution in [2.45, 2.75) is 64.1 Å². The van der Waals surface area contributed by atoms with Crippen LogP contribution in [-0.4, -0.2) is 25.2 Å². The zero-order valence-corrected chi connectivity index (χ0v) is 24.1. The van der Waals surface area contributed by atoms with Crippen molar-refractivity contribution in [3.63, 3.8) is 0 Å². The Kier molecular flexibility index (Phi) is 9.35. The Morgan fingerprint density at radius 1 is 1.00 bits per heavy atom. The van der Waals surface area contributed by atoms with E-state index in [4.69, 9.17) is 0 Å². The first-order valence-corrected chi connectivity index (χ1v) is 15.6. The molecule has 0 aromatic heterocycles. The molecule has 0 saturated carbocycles. The van der Waals surface area contributed by atoms with E-state index >= 15 is 0 Å². The van der Waals surface area contributed by atoms with Gasteiger partial charge in [0, 0.05) is 0 Å². The molecule has 0 saturated heterocycles. The van der Waals surface area contributed by atoms with Gasteiger partial charge in [-0.3, -0.25) is 0 Å². The molecule has 0 amide bonds. The van der Waals surface area contributed by atoms with Gasteiger partial charge in [-0.05, 0) is 0 Å². The standard InChI is InChI=1S/C34H40O2Se/c1-5-10-25-15-17-33(35)30(20-25)32-22-26(11-9-18-37-27-12-7-6-8-13-27)21-31(34(32)36)29-19-24(4)14-16-28(29)23(2)3/h5-8,12-13,15,17,19-23,28-29,35-36H,1,9-11,14,16,18H2,2-4H3/t28-,29+/m0/s1. The summed E-state index contributed by atoms with van der Waals surface area (Å²) in [5.74, 6) is 1.71. The molecule has 0 aliphatic heterocycles. The molecule has 3 heteroatoms. The van der Waals surface area contributed by atoms with Crippen molar-refractivity contribution in [2.24, 2.45) is 11.8 Å². The van der Waals surface area contributed by atoms with Crippen LogP contribution in [0.4, 0.5) is 0 Å². The van der Waals surface area contributed by atoms with Gasteiger partial charge in [0.1, 0.15) is 0 Å². The zero-order valence-electron chi connectivity index (χ0n) is 22.4. The predicted molar refractivity (Wildman–Crippen MR) is 158 cm³/mol. The molecule has 1 aliphatic rings. The van der Waals surface area contributed by atoms with Crippen molar-refractivity contribution in [2.75, 3.05) is 0 Å². The number of hydrogen-bond donors (Lipinski definition) is 2. The third kappa shape index (κ3) is 6.78. The van der Waals surface area contributed by atoms with Crippen LogP contribution in [-0.2, 0) is 12.8 Å². The van der Waals surface area contributed by atoms with Gasteiger partial charge in [0.25, 0.3) is 0 Å². The first-order valence-electron chi connectivity index (χ1n) is 13.5. The van der Waals surface area contributed by atoms with E-state index < -0.39 is 0 Å². The summed E-state index contributed by atoms with van der Waals surface area (Å²) in [6.07, 6.45) is 9.31. The summed E-state index contributed by atoms with van der Waals surface area (Å²) in [4.78, 5) is 0. The molecule has 1 aliphatic carbocycles. The van der Waals surface area contributed by atoms with Gasteiger partial charge in [-0.2, -0.15) is 0 Å². The van der Waals surface area contributed by atoms with Gasteiger partial charge < -0.3 is 0 Å². The summed E-state index contributed by atoms with van der Waals surface area (Å²) in [5.41, 5.74) is 6.16. The van der Waals surface area contributed by atoms with Crippen molar-refractivity contribution < 1.29 is 10.2 Å². The maximum atomic E-state index is 11.7. The first-order chi connectivity index (χ1) is 17.9. The second-order valence-electron chi connectivity index (χ2n) is 10.7. The van der Waals surface area contributed by atoms with Gasteiger partial charge in [0.2, 0.25) is 0 Å². The first kappa shape index (κ1) is 27.3. The number of allylic oxidation sites excluding steroid dienone is 3. The number of phenolic OH excluding ortho intramolecular Hbond substituents is 2. The summed E-state index contributed by atoms with van der Waals surface area (Å²) in [6.45, 7) is 10.7. The number of rotatable bonds is 10. The van der Waals surface area contributed by atoms with Crippen molar-refractivity contribution in [1.82, 2.24) is 0 Å². The van der Waals surface area contributed by atoms with Crippen LogP contribution in [0.15, 0.2) is 85.0 Å². The van der Waals surface area contributed by atoms with Crippen LogP contribution in [0.5, 0.6) is 11.5 Å². The average Bonchev–Trinajstić information content (AvgIpc) is 2.89. The van der Waals surface area contributed by atoms with E-state index in [-0.39, 0.29) is 11.7 Å². The predicted octanol–water partition coefficient (Wildman–Crippen LogP) is 7.97. The Morgan fingerprint density at radius 2 is 1.76 bits per heavy atom. The van der Waals surface area contributed by atoms with Gasteiger partial charge in [0.05, 0.1) is 0 Å². The van der Waals surface area contributed by atoms with Crippen molar-refractivity contribution in [3.05, 3.63) is 102 Å². The Morgan fingerprint density at radius 3 is 2.49 bits per heavy atom. The number of aryl methyl sites for hydroxylation is 1. The second-order valence-corrected chi connectivity index (χ2v) is 13.1. The number of aromatic hydroxyl groups is 2. The molecular weight excluding hydrogens is 519 g/mol. The van der Waals surface area contributed by atoms with Crippen molar-refractivity contribution in [3.8, 4) is 22.6 Å². The molecule has 0 unspecified atom stereocenters. The fourth-order valence-corrected chi connectivity index (χ4v) is 7.39. The van der Waals surface area contributed by atoms with E-state index in [1.54, 1.807) is 6.07 Å². The molecule has 4 rings (SSSR count). The van der Waals surface area contributed by atoms with Crippen molar-refractivity contribution >= 4 is 19.4 Å². The summed E-state index contributed by atoms with van der Waals surface area (Å²) < 4.78 is 1.44. The Balaban J connectivity index is 1.73. The molecule has 0 radical (unpaired) electrons. The van der Waals surface area contributed by atoms with Gasteiger partial charge in [-0.25, -0.2) is 0 Å². The molecule has 37 heavy (non-hydrogen) atoms. The van der Waals surface area contributed by atoms with Crippen LogP contribution in [0, 0.1) is 11.8 Å². The molecule has 0 bridgehead atoms. The van der Waals surface area contributed by atoms with Crippen LogP contribution >= 0.6 is 0 Å². The summed E-state index contributed by atoms with van der Waals surface area (Å²) in [6, 6.07) is 20.8. The van der Waals surface area contributed by atoms with E-state index in [1.165, 1.54) is 20.9 Å². The second kappa shape index (κ2) is 12.7. The minimum absolute atomic E-state index is 0.180. The summed E-state index contributed by atoms with van der Waals surface area (Å²) >= 11 is 0.465. The third-order valence-electron chi connectivity index (χ3n) is 7.56. The van der Waals surface area contributed by atoms with Crippen LogP contribution in [0.2, 0.25) is 5.32 Å². The maximum absolute atomic E-state index is 11.7. The van der Waals surface area contributed by atoms with Crippen LogP contribution in [0.25, 0.3) is 11.1 Å². The monoisotopic (exact) mass is 560 g/mol. The molecule has 0 fully saturated rings. The topological polar surface area (TPSA) is 40.5 Å². The van der Waals surface area contributed by atoms with Gasteiger partial charge in [-0.15, -0.1) is 0 Å². The van der Waals surface area contributed by atoms with E-state index in [1.807, 2.05) is 18.2 Å². The zero-order chi connectivity index (χ0) is 26.4. The summed E-state index contributed by atoms with van der Waals surface area (Å²) in [7, 11) is 0. The SMILES string of the molecule is C=CCc1ccc(O)c(-c2cc(CCC[Se]c3ccccc3)cc([C@@H]3C=C(C)CC[C@H]3C(C)C)c2O)c1. The minimum atomic E-state index is 0.180. The molecule has 0 spiro atoms. The van der Waals surface area contributed by atoms with E-state index in [2.05, 4.69) is 75.9 Å². The van der Waals surface area contributed by atoms with Crippen molar-refractivity contribution in [1.29, 1.82) is 0 Å². The molecule has 2 nitrogen and oxygen atoms in total. The molecule has 2 N–H and O–H groups in total. The van der Waals surface area contributed by atoms with Crippen LogP contribution in [0.1, 0.15) is 62.6 Å². The van der Waals surface area contributed by atoms with Gasteiger partial charge in [-0.1, -0.05) is 0 Å². The van der Waals surface area contributed by atoms with E-state index in [0.717, 1.165) is 48.8 Å².